The summed E-state index contributed by atoms with van der Waals surface area (Å²) in [4.78, 5) is 25.2. The lowest BCUT2D eigenvalue weighted by Gasteiger charge is -2.29. The van der Waals surface area contributed by atoms with Crippen LogP contribution in [0.5, 0.6) is 11.5 Å². The van der Waals surface area contributed by atoms with E-state index < -0.39 is 0 Å². The molecule has 0 radical (unpaired) electrons. The maximum atomic E-state index is 12.2. The van der Waals surface area contributed by atoms with Crippen molar-refractivity contribution in [3.63, 3.8) is 0 Å². The molecule has 0 bridgehead atoms. The number of ether oxygens (including phenoxy) is 2. The molecule has 2 aromatic rings. The van der Waals surface area contributed by atoms with Crippen LogP contribution in [-0.2, 0) is 13.0 Å². The van der Waals surface area contributed by atoms with Gasteiger partial charge in [0.05, 0.1) is 14.2 Å². The number of hydrogen-bond acceptors (Lipinski definition) is 5. The normalized spacial score (nSPS) is 13.6. The number of aldehydes is 1. The maximum absolute atomic E-state index is 12.2. The first-order chi connectivity index (χ1) is 13.1. The molecule has 0 atom stereocenters. The Kier molecular flexibility index (Phi) is 6.08. The molecule has 0 aliphatic carbocycles. The predicted octanol–water partition coefficient (Wildman–Crippen LogP) is 2.30. The van der Waals surface area contributed by atoms with Crippen LogP contribution in [0.1, 0.15) is 31.8 Å². The molecule has 1 N–H and O–H groups in total. The van der Waals surface area contributed by atoms with Gasteiger partial charge in [0, 0.05) is 37.3 Å². The van der Waals surface area contributed by atoms with E-state index in [2.05, 4.69) is 16.3 Å². The first-order valence-electron chi connectivity index (χ1n) is 8.94. The highest BCUT2D eigenvalue weighted by Gasteiger charge is 2.19. The second-order valence-corrected chi connectivity index (χ2v) is 6.50. The van der Waals surface area contributed by atoms with Crippen LogP contribution in [0.2, 0.25) is 0 Å². The molecule has 6 nitrogen and oxygen atoms in total. The SMILES string of the molecule is COc1cc2c(cc1OC)CN(CCNC(=O)c1ccc(C=O)cc1)CC2. The monoisotopic (exact) mass is 368 g/mol. The minimum absolute atomic E-state index is 0.128. The number of nitrogens with zero attached hydrogens (tertiary/aromatic N) is 1. The van der Waals surface area contributed by atoms with Gasteiger partial charge in [-0.2, -0.15) is 0 Å². The van der Waals surface area contributed by atoms with Gasteiger partial charge in [-0.3, -0.25) is 14.5 Å². The number of benzene rings is 2. The van der Waals surface area contributed by atoms with Gasteiger partial charge >= 0.3 is 0 Å². The van der Waals surface area contributed by atoms with Gasteiger partial charge in [0.25, 0.3) is 5.91 Å². The fraction of sp³-hybridized carbons (Fsp3) is 0.333. The number of carbonyl (C=O) groups is 2. The Morgan fingerprint density at radius 3 is 2.41 bits per heavy atom. The van der Waals surface area contributed by atoms with Gasteiger partial charge in [-0.1, -0.05) is 12.1 Å². The first-order valence-corrected chi connectivity index (χ1v) is 8.94. The zero-order chi connectivity index (χ0) is 19.2. The van der Waals surface area contributed by atoms with Crippen molar-refractivity contribution in [3.8, 4) is 11.5 Å². The summed E-state index contributed by atoms with van der Waals surface area (Å²) in [6, 6.07) is 10.7. The molecule has 2 aromatic carbocycles. The number of hydrogen-bond donors (Lipinski definition) is 1. The number of methoxy groups -OCH3 is 2. The molecule has 0 unspecified atom stereocenters. The van der Waals surface area contributed by atoms with Gasteiger partial charge in [0.1, 0.15) is 6.29 Å². The summed E-state index contributed by atoms with van der Waals surface area (Å²) < 4.78 is 10.8. The van der Waals surface area contributed by atoms with Crippen LogP contribution in [0.25, 0.3) is 0 Å². The van der Waals surface area contributed by atoms with Crippen LogP contribution in [0, 0.1) is 0 Å². The Hall–Kier alpha value is -2.86. The van der Waals surface area contributed by atoms with Crippen molar-refractivity contribution in [2.24, 2.45) is 0 Å². The molecule has 6 heteroatoms. The molecule has 27 heavy (non-hydrogen) atoms. The number of amides is 1. The third-order valence-electron chi connectivity index (χ3n) is 4.82. The highest BCUT2D eigenvalue weighted by atomic mass is 16.5. The number of nitrogens with one attached hydrogen (secondary N) is 1. The zero-order valence-electron chi connectivity index (χ0n) is 15.7. The Labute approximate surface area is 159 Å². The van der Waals surface area contributed by atoms with Gasteiger partial charge in [0.15, 0.2) is 11.5 Å². The minimum Gasteiger partial charge on any atom is -0.493 e. The largest absolute Gasteiger partial charge is 0.493 e. The van der Waals surface area contributed by atoms with Crippen molar-refractivity contribution < 1.29 is 19.1 Å². The molecule has 0 spiro atoms. The van der Waals surface area contributed by atoms with E-state index in [-0.39, 0.29) is 5.91 Å². The lowest BCUT2D eigenvalue weighted by molar-refractivity contribution is 0.0946. The van der Waals surface area contributed by atoms with E-state index in [9.17, 15) is 9.59 Å². The zero-order valence-corrected chi connectivity index (χ0v) is 15.7. The van der Waals surface area contributed by atoms with E-state index in [1.54, 1.807) is 38.5 Å². The van der Waals surface area contributed by atoms with Crippen molar-refractivity contribution in [3.05, 3.63) is 58.7 Å². The fourth-order valence-electron chi connectivity index (χ4n) is 3.28. The maximum Gasteiger partial charge on any atom is 0.251 e. The Balaban J connectivity index is 1.54. The molecule has 0 fully saturated rings. The Morgan fingerprint density at radius 2 is 1.78 bits per heavy atom. The smallest absolute Gasteiger partial charge is 0.251 e. The second kappa shape index (κ2) is 8.68. The van der Waals surface area contributed by atoms with Gasteiger partial charge in [-0.25, -0.2) is 0 Å². The van der Waals surface area contributed by atoms with Crippen LogP contribution in [0.3, 0.4) is 0 Å². The van der Waals surface area contributed by atoms with E-state index in [1.807, 2.05) is 6.07 Å². The highest BCUT2D eigenvalue weighted by Crippen LogP contribution is 2.33. The van der Waals surface area contributed by atoms with Gasteiger partial charge < -0.3 is 14.8 Å². The molecule has 1 heterocycles. The molecule has 142 valence electrons. The third-order valence-corrected chi connectivity index (χ3v) is 4.82. The van der Waals surface area contributed by atoms with Crippen LogP contribution >= 0.6 is 0 Å². The lowest BCUT2D eigenvalue weighted by atomic mass is 9.99. The average Bonchev–Trinajstić information content (AvgIpc) is 2.72. The predicted molar refractivity (Wildman–Crippen MR) is 103 cm³/mol. The average molecular weight is 368 g/mol. The van der Waals surface area contributed by atoms with Crippen LogP contribution in [-0.4, -0.2) is 50.9 Å². The van der Waals surface area contributed by atoms with E-state index in [1.165, 1.54) is 11.1 Å². The molecule has 0 aromatic heterocycles. The molecule has 0 saturated carbocycles. The summed E-state index contributed by atoms with van der Waals surface area (Å²) in [5, 5.41) is 2.93. The second-order valence-electron chi connectivity index (χ2n) is 6.50. The summed E-state index contributed by atoms with van der Waals surface area (Å²) in [6.07, 6.45) is 1.71. The van der Waals surface area contributed by atoms with E-state index in [0.717, 1.165) is 43.8 Å². The highest BCUT2D eigenvalue weighted by molar-refractivity contribution is 5.94. The van der Waals surface area contributed by atoms with Crippen LogP contribution in [0.15, 0.2) is 36.4 Å². The molecule has 1 amide bonds. The standard InChI is InChI=1S/C21H24N2O4/c1-26-19-11-17-7-9-23(13-18(17)12-20(19)27-2)10-8-22-21(25)16-5-3-15(14-24)4-6-16/h3-6,11-12,14H,7-10,13H2,1-2H3,(H,22,25). The van der Waals surface area contributed by atoms with Crippen molar-refractivity contribution >= 4 is 12.2 Å². The molecule has 1 aliphatic heterocycles. The molecular formula is C21H24N2O4. The number of carbonyl (C=O) groups excluding carboxylic acids is 2. The molecule has 1 aliphatic rings. The Morgan fingerprint density at radius 1 is 1.11 bits per heavy atom. The first kappa shape index (κ1) is 18.9. The third kappa shape index (κ3) is 4.46. The summed E-state index contributed by atoms with van der Waals surface area (Å²) >= 11 is 0. The summed E-state index contributed by atoms with van der Waals surface area (Å²) in [5.74, 6) is 1.37. The minimum atomic E-state index is -0.128. The van der Waals surface area contributed by atoms with E-state index >= 15 is 0 Å². The fourth-order valence-corrected chi connectivity index (χ4v) is 3.28. The number of fused-ring (bicyclic) bond motifs is 1. The summed E-state index contributed by atoms with van der Waals surface area (Å²) in [6.45, 7) is 3.09. The quantitative estimate of drug-likeness (QED) is 0.760. The van der Waals surface area contributed by atoms with Gasteiger partial charge in [0.2, 0.25) is 0 Å². The number of rotatable bonds is 7. The van der Waals surface area contributed by atoms with E-state index in [0.29, 0.717) is 17.7 Å². The molecule has 3 rings (SSSR count). The van der Waals surface area contributed by atoms with Crippen molar-refractivity contribution in [2.75, 3.05) is 33.9 Å². The van der Waals surface area contributed by atoms with Crippen molar-refractivity contribution in [1.29, 1.82) is 0 Å². The summed E-state index contributed by atoms with van der Waals surface area (Å²) in [5.41, 5.74) is 3.63. The molecule has 0 saturated heterocycles. The Bertz CT molecular complexity index is 818. The topological polar surface area (TPSA) is 67.9 Å². The van der Waals surface area contributed by atoms with Gasteiger partial charge in [-0.15, -0.1) is 0 Å². The van der Waals surface area contributed by atoms with Crippen molar-refractivity contribution in [1.82, 2.24) is 10.2 Å². The lowest BCUT2D eigenvalue weighted by Crippen LogP contribution is -2.37. The van der Waals surface area contributed by atoms with Crippen molar-refractivity contribution in [2.45, 2.75) is 13.0 Å². The van der Waals surface area contributed by atoms with E-state index in [4.69, 9.17) is 9.47 Å². The van der Waals surface area contributed by atoms with Crippen LogP contribution < -0.4 is 14.8 Å². The van der Waals surface area contributed by atoms with Crippen LogP contribution in [0.4, 0.5) is 0 Å². The molecular weight excluding hydrogens is 344 g/mol. The van der Waals surface area contributed by atoms with Gasteiger partial charge in [-0.05, 0) is 41.8 Å². The summed E-state index contributed by atoms with van der Waals surface area (Å²) in [7, 11) is 3.29.